The van der Waals surface area contributed by atoms with Crippen LogP contribution in [-0.4, -0.2) is 31.4 Å². The zero-order chi connectivity index (χ0) is 14.3. The van der Waals surface area contributed by atoms with Crippen molar-refractivity contribution in [1.29, 1.82) is 0 Å². The van der Waals surface area contributed by atoms with Crippen LogP contribution < -0.4 is 5.32 Å². The molecule has 1 aliphatic heterocycles. The summed E-state index contributed by atoms with van der Waals surface area (Å²) in [5.41, 5.74) is 0.854. The van der Waals surface area contributed by atoms with Gasteiger partial charge in [-0.15, -0.1) is 0 Å². The summed E-state index contributed by atoms with van der Waals surface area (Å²) in [5.74, 6) is -0.0796. The van der Waals surface area contributed by atoms with Crippen LogP contribution in [0.4, 0.5) is 0 Å². The molecule has 0 aliphatic carbocycles. The molecule has 0 spiro atoms. The van der Waals surface area contributed by atoms with E-state index in [0.29, 0.717) is 12.0 Å². The zero-order valence-corrected chi connectivity index (χ0v) is 13.3. The Morgan fingerprint density at radius 2 is 2.05 bits per heavy atom. The average molecular weight is 346 g/mol. The van der Waals surface area contributed by atoms with E-state index in [4.69, 9.17) is 0 Å². The minimum Gasteiger partial charge on any atom is -0.346 e. The number of rotatable bonds is 2. The van der Waals surface area contributed by atoms with Crippen LogP contribution in [0.2, 0.25) is 0 Å². The van der Waals surface area contributed by atoms with Crippen LogP contribution in [0.3, 0.4) is 0 Å². The van der Waals surface area contributed by atoms with Crippen LogP contribution in [0.5, 0.6) is 0 Å². The third kappa shape index (κ3) is 3.57. The SMILES string of the molecule is Cc1cc(Br)cc(C(=O)NC2(C)CCS(=O)(=O)C2)c1. The quantitative estimate of drug-likeness (QED) is 0.892. The fourth-order valence-electron chi connectivity index (χ4n) is 2.32. The second-order valence-corrected chi connectivity index (χ2v) is 8.47. The molecule has 1 unspecified atom stereocenters. The van der Waals surface area contributed by atoms with Crippen molar-refractivity contribution >= 4 is 31.7 Å². The number of carbonyl (C=O) groups excluding carboxylic acids is 1. The topological polar surface area (TPSA) is 63.2 Å². The lowest BCUT2D eigenvalue weighted by molar-refractivity contribution is 0.0915. The molecule has 2 rings (SSSR count). The molecule has 0 aromatic heterocycles. The number of hydrogen-bond donors (Lipinski definition) is 1. The van der Waals surface area contributed by atoms with Gasteiger partial charge in [0.25, 0.3) is 5.91 Å². The number of benzene rings is 1. The Labute approximate surface area is 121 Å². The van der Waals surface area contributed by atoms with Gasteiger partial charge < -0.3 is 5.32 Å². The molecule has 1 aromatic carbocycles. The van der Waals surface area contributed by atoms with Gasteiger partial charge in [0.1, 0.15) is 0 Å². The largest absolute Gasteiger partial charge is 0.346 e. The maximum absolute atomic E-state index is 12.2. The van der Waals surface area contributed by atoms with E-state index in [0.717, 1.165) is 10.0 Å². The lowest BCUT2D eigenvalue weighted by Gasteiger charge is -2.24. The highest BCUT2D eigenvalue weighted by Crippen LogP contribution is 2.24. The summed E-state index contributed by atoms with van der Waals surface area (Å²) in [5, 5.41) is 2.84. The summed E-state index contributed by atoms with van der Waals surface area (Å²) in [4.78, 5) is 12.2. The third-order valence-corrected chi connectivity index (χ3v) is 5.58. The number of nitrogens with one attached hydrogen (secondary N) is 1. The summed E-state index contributed by atoms with van der Waals surface area (Å²) in [6.07, 6.45) is 0.466. The normalized spacial score (nSPS) is 25.2. The van der Waals surface area contributed by atoms with Crippen molar-refractivity contribution in [3.05, 3.63) is 33.8 Å². The first kappa shape index (κ1) is 14.5. The van der Waals surface area contributed by atoms with Crippen LogP contribution in [0.15, 0.2) is 22.7 Å². The first-order valence-electron chi connectivity index (χ1n) is 5.99. The van der Waals surface area contributed by atoms with E-state index in [1.807, 2.05) is 13.0 Å². The summed E-state index contributed by atoms with van der Waals surface area (Å²) >= 11 is 3.35. The number of aryl methyl sites for hydroxylation is 1. The molecule has 4 nitrogen and oxygen atoms in total. The van der Waals surface area contributed by atoms with Crippen molar-refractivity contribution in [2.45, 2.75) is 25.8 Å². The highest BCUT2D eigenvalue weighted by molar-refractivity contribution is 9.10. The Morgan fingerprint density at radius 1 is 1.37 bits per heavy atom. The van der Waals surface area contributed by atoms with Gasteiger partial charge in [0.2, 0.25) is 0 Å². The van der Waals surface area contributed by atoms with Crippen molar-refractivity contribution in [3.63, 3.8) is 0 Å². The first-order chi connectivity index (χ1) is 8.69. The van der Waals surface area contributed by atoms with Crippen LogP contribution in [0, 0.1) is 6.92 Å². The molecule has 1 aliphatic rings. The Bertz CT molecular complexity index is 607. The smallest absolute Gasteiger partial charge is 0.251 e. The Balaban J connectivity index is 2.18. The van der Waals surface area contributed by atoms with Gasteiger partial charge in [0.15, 0.2) is 9.84 Å². The minimum atomic E-state index is -3.02. The van der Waals surface area contributed by atoms with E-state index in [2.05, 4.69) is 21.2 Å². The molecule has 0 saturated carbocycles. The van der Waals surface area contributed by atoms with Crippen LogP contribution in [0.25, 0.3) is 0 Å². The first-order valence-corrected chi connectivity index (χ1v) is 8.61. The molecule has 1 saturated heterocycles. The van der Waals surface area contributed by atoms with Gasteiger partial charge in [0, 0.05) is 10.0 Å². The molecule has 1 aromatic rings. The molecule has 1 atom stereocenters. The highest BCUT2D eigenvalue weighted by atomic mass is 79.9. The summed E-state index contributed by atoms with van der Waals surface area (Å²) in [6, 6.07) is 5.43. The molecule has 6 heteroatoms. The molecule has 1 amide bonds. The fraction of sp³-hybridized carbons (Fsp3) is 0.462. The number of sulfone groups is 1. The van der Waals surface area contributed by atoms with Gasteiger partial charge in [-0.05, 0) is 44.0 Å². The number of carbonyl (C=O) groups is 1. The molecule has 104 valence electrons. The summed E-state index contributed by atoms with van der Waals surface area (Å²) in [6.45, 7) is 3.68. The number of hydrogen-bond acceptors (Lipinski definition) is 3. The van der Waals surface area contributed by atoms with Gasteiger partial charge in [-0.3, -0.25) is 4.79 Å². The van der Waals surface area contributed by atoms with E-state index < -0.39 is 15.4 Å². The average Bonchev–Trinajstić information content (AvgIpc) is 2.51. The van der Waals surface area contributed by atoms with Crippen LogP contribution >= 0.6 is 15.9 Å². The maximum atomic E-state index is 12.2. The minimum absolute atomic E-state index is 0.0126. The Kier molecular flexibility index (Phi) is 3.75. The summed E-state index contributed by atoms with van der Waals surface area (Å²) < 4.78 is 23.9. The lowest BCUT2D eigenvalue weighted by atomic mass is 10.0. The van der Waals surface area contributed by atoms with E-state index in [1.165, 1.54) is 0 Å². The lowest BCUT2D eigenvalue weighted by Crippen LogP contribution is -2.46. The molecule has 0 bridgehead atoms. The van der Waals surface area contributed by atoms with E-state index in [9.17, 15) is 13.2 Å². The molecular formula is C13H16BrNO3S. The predicted molar refractivity (Wildman–Crippen MR) is 78.0 cm³/mol. The fourth-order valence-corrected chi connectivity index (χ4v) is 5.02. The monoisotopic (exact) mass is 345 g/mol. The van der Waals surface area contributed by atoms with Crippen LogP contribution in [0.1, 0.15) is 29.3 Å². The van der Waals surface area contributed by atoms with E-state index in [1.54, 1.807) is 19.1 Å². The van der Waals surface area contributed by atoms with Gasteiger partial charge in [-0.25, -0.2) is 8.42 Å². The van der Waals surface area contributed by atoms with Crippen molar-refractivity contribution in [3.8, 4) is 0 Å². The van der Waals surface area contributed by atoms with Crippen molar-refractivity contribution < 1.29 is 13.2 Å². The molecule has 1 N–H and O–H groups in total. The standard InChI is InChI=1S/C13H16BrNO3S/c1-9-5-10(7-11(14)6-9)12(16)15-13(2)3-4-19(17,18)8-13/h5-7H,3-4,8H2,1-2H3,(H,15,16). The maximum Gasteiger partial charge on any atom is 0.251 e. The third-order valence-electron chi connectivity index (χ3n) is 3.22. The van der Waals surface area contributed by atoms with E-state index in [-0.39, 0.29) is 17.4 Å². The predicted octanol–water partition coefficient (Wildman–Crippen LogP) is 2.06. The number of amides is 1. The van der Waals surface area contributed by atoms with E-state index >= 15 is 0 Å². The summed E-state index contributed by atoms with van der Waals surface area (Å²) in [7, 11) is -3.02. The van der Waals surface area contributed by atoms with Crippen LogP contribution in [-0.2, 0) is 9.84 Å². The van der Waals surface area contributed by atoms with Gasteiger partial charge >= 0.3 is 0 Å². The Hall–Kier alpha value is -0.880. The molecule has 1 heterocycles. The van der Waals surface area contributed by atoms with Crippen molar-refractivity contribution in [2.24, 2.45) is 0 Å². The number of halogens is 1. The Morgan fingerprint density at radius 3 is 2.58 bits per heavy atom. The zero-order valence-electron chi connectivity index (χ0n) is 10.9. The molecule has 1 fully saturated rings. The molecule has 19 heavy (non-hydrogen) atoms. The van der Waals surface area contributed by atoms with Gasteiger partial charge in [0.05, 0.1) is 17.0 Å². The second kappa shape index (κ2) is 4.90. The highest BCUT2D eigenvalue weighted by Gasteiger charge is 2.39. The van der Waals surface area contributed by atoms with Crippen molar-refractivity contribution in [2.75, 3.05) is 11.5 Å². The second-order valence-electron chi connectivity index (χ2n) is 5.37. The molecular weight excluding hydrogens is 330 g/mol. The van der Waals surface area contributed by atoms with Gasteiger partial charge in [-0.2, -0.15) is 0 Å². The molecule has 0 radical (unpaired) electrons. The van der Waals surface area contributed by atoms with Crippen molar-refractivity contribution in [1.82, 2.24) is 5.32 Å². The van der Waals surface area contributed by atoms with Gasteiger partial charge in [-0.1, -0.05) is 15.9 Å².